The van der Waals surface area contributed by atoms with Crippen molar-refractivity contribution in [1.82, 2.24) is 5.32 Å². The van der Waals surface area contributed by atoms with Crippen LogP contribution in [0.3, 0.4) is 0 Å². The molecule has 4 nitrogen and oxygen atoms in total. The lowest BCUT2D eigenvalue weighted by atomic mass is 9.83. The van der Waals surface area contributed by atoms with E-state index < -0.39 is 0 Å². The van der Waals surface area contributed by atoms with Crippen LogP contribution in [0.5, 0.6) is 0 Å². The Balaban J connectivity index is 0.000000439. The van der Waals surface area contributed by atoms with Crippen LogP contribution in [0.2, 0.25) is 0 Å². The largest absolute Gasteiger partial charge is 0.378 e. The van der Waals surface area contributed by atoms with Gasteiger partial charge in [0.15, 0.2) is 0 Å². The van der Waals surface area contributed by atoms with Crippen LogP contribution in [0, 0.1) is 5.92 Å². The number of hydrogen-bond donors (Lipinski definition) is 1. The van der Waals surface area contributed by atoms with E-state index in [1.807, 2.05) is 27.8 Å². The summed E-state index contributed by atoms with van der Waals surface area (Å²) in [5.74, 6) is 0.837. The first-order valence-corrected chi connectivity index (χ1v) is 11.0. The topological polar surface area (TPSA) is 55.4 Å². The van der Waals surface area contributed by atoms with E-state index in [0.717, 1.165) is 38.6 Å². The smallest absolute Gasteiger partial charge is 0.135 e. The van der Waals surface area contributed by atoms with Gasteiger partial charge >= 0.3 is 0 Å². The van der Waals surface area contributed by atoms with Gasteiger partial charge in [-0.3, -0.25) is 4.79 Å². The summed E-state index contributed by atoms with van der Waals surface area (Å²) < 4.78 is 5.63. The molecule has 0 aliphatic heterocycles. The fraction of sp³-hybridized carbons (Fsp3) is 0.909. The van der Waals surface area contributed by atoms with Crippen molar-refractivity contribution in [3.63, 3.8) is 0 Å². The zero-order valence-electron chi connectivity index (χ0n) is 17.7. The van der Waals surface area contributed by atoms with Crippen LogP contribution in [0.4, 0.5) is 0 Å². The van der Waals surface area contributed by atoms with E-state index >= 15 is 0 Å². The normalized spacial score (nSPS) is 23.1. The Bertz CT molecular complexity index is 332. The van der Waals surface area contributed by atoms with E-state index in [9.17, 15) is 9.59 Å². The standard InChI is InChI=1S/C10H19NO.C10H18O2.C2H6/c1-3-10(12)8-4-6-9(11-2)7-5-8;11-8-4-5-9-12-10-6-2-1-3-7-10;1-2/h8-9,11H,3-7H2,1-2H3;8,10H,1-7,9H2;1-2H3. The van der Waals surface area contributed by atoms with E-state index in [0.29, 0.717) is 30.3 Å². The van der Waals surface area contributed by atoms with Crippen molar-refractivity contribution in [3.8, 4) is 0 Å². The fourth-order valence-electron chi connectivity index (χ4n) is 3.64. The molecule has 0 aromatic heterocycles. The van der Waals surface area contributed by atoms with Crippen LogP contribution in [-0.2, 0) is 14.3 Å². The number of Topliss-reactive ketones (excluding diaryl/α,β-unsaturated/α-hetero) is 1. The lowest BCUT2D eigenvalue weighted by Gasteiger charge is -2.26. The van der Waals surface area contributed by atoms with Gasteiger partial charge < -0.3 is 14.8 Å². The van der Waals surface area contributed by atoms with Crippen LogP contribution in [0.15, 0.2) is 0 Å². The summed E-state index contributed by atoms with van der Waals surface area (Å²) in [4.78, 5) is 21.3. The van der Waals surface area contributed by atoms with E-state index in [4.69, 9.17) is 4.74 Å². The minimum Gasteiger partial charge on any atom is -0.378 e. The number of hydrogen-bond acceptors (Lipinski definition) is 4. The van der Waals surface area contributed by atoms with Crippen molar-refractivity contribution >= 4 is 12.1 Å². The summed E-state index contributed by atoms with van der Waals surface area (Å²) in [6.07, 6.45) is 14.7. The Morgan fingerprint density at radius 3 is 2.15 bits per heavy atom. The Kier molecular flexibility index (Phi) is 17.2. The van der Waals surface area contributed by atoms with Crippen LogP contribution in [-0.4, -0.2) is 37.9 Å². The van der Waals surface area contributed by atoms with Crippen molar-refractivity contribution in [2.45, 2.75) is 110 Å². The second-order valence-electron chi connectivity index (χ2n) is 7.10. The van der Waals surface area contributed by atoms with Crippen LogP contribution in [0.25, 0.3) is 0 Å². The number of unbranched alkanes of at least 4 members (excludes halogenated alkanes) is 1. The van der Waals surface area contributed by atoms with Gasteiger partial charge in [0.2, 0.25) is 0 Å². The molecule has 0 aromatic carbocycles. The molecule has 154 valence electrons. The van der Waals surface area contributed by atoms with Gasteiger partial charge in [-0.1, -0.05) is 40.0 Å². The van der Waals surface area contributed by atoms with Crippen molar-refractivity contribution < 1.29 is 14.3 Å². The fourth-order valence-corrected chi connectivity index (χ4v) is 3.64. The monoisotopic (exact) mass is 369 g/mol. The maximum atomic E-state index is 11.3. The predicted octanol–water partition coefficient (Wildman–Crippen LogP) is 5.08. The van der Waals surface area contributed by atoms with Gasteiger partial charge in [0, 0.05) is 31.4 Å². The zero-order chi connectivity index (χ0) is 19.6. The third-order valence-electron chi connectivity index (χ3n) is 5.31. The van der Waals surface area contributed by atoms with Crippen LogP contribution < -0.4 is 5.32 Å². The maximum Gasteiger partial charge on any atom is 0.135 e. The summed E-state index contributed by atoms with van der Waals surface area (Å²) in [7, 11) is 2.01. The molecule has 0 amide bonds. The highest BCUT2D eigenvalue weighted by Crippen LogP contribution is 2.25. The first-order valence-electron chi connectivity index (χ1n) is 11.0. The molecule has 0 atom stereocenters. The molecule has 2 fully saturated rings. The number of nitrogens with one attached hydrogen (secondary N) is 1. The third-order valence-corrected chi connectivity index (χ3v) is 5.31. The van der Waals surface area contributed by atoms with Gasteiger partial charge in [0.25, 0.3) is 0 Å². The van der Waals surface area contributed by atoms with Gasteiger partial charge in [-0.05, 0) is 52.0 Å². The van der Waals surface area contributed by atoms with E-state index in [1.165, 1.54) is 44.9 Å². The van der Waals surface area contributed by atoms with Gasteiger partial charge in [-0.25, -0.2) is 0 Å². The minimum absolute atomic E-state index is 0.375. The zero-order valence-corrected chi connectivity index (χ0v) is 17.7. The maximum absolute atomic E-state index is 11.3. The van der Waals surface area contributed by atoms with Gasteiger partial charge in [0.05, 0.1) is 6.10 Å². The predicted molar refractivity (Wildman–Crippen MR) is 110 cm³/mol. The summed E-state index contributed by atoms with van der Waals surface area (Å²) >= 11 is 0. The SMILES string of the molecule is CC.CCC(=O)C1CCC(NC)CC1.O=CCCCOC1CCCCC1. The van der Waals surface area contributed by atoms with E-state index in [2.05, 4.69) is 5.32 Å². The van der Waals surface area contributed by atoms with E-state index in [-0.39, 0.29) is 0 Å². The molecule has 2 aliphatic carbocycles. The number of ketones is 1. The molecule has 0 aromatic rings. The second-order valence-corrected chi connectivity index (χ2v) is 7.10. The minimum atomic E-state index is 0.375. The van der Waals surface area contributed by atoms with E-state index in [1.54, 1.807) is 0 Å². The van der Waals surface area contributed by atoms with Crippen molar-refractivity contribution in [2.75, 3.05) is 13.7 Å². The lowest BCUT2D eigenvalue weighted by molar-refractivity contribution is -0.123. The second kappa shape index (κ2) is 17.7. The van der Waals surface area contributed by atoms with Crippen molar-refractivity contribution in [2.24, 2.45) is 5.92 Å². The summed E-state index contributed by atoms with van der Waals surface area (Å²) in [5, 5.41) is 3.27. The van der Waals surface area contributed by atoms with Gasteiger partial charge in [-0.2, -0.15) is 0 Å². The highest BCUT2D eigenvalue weighted by Gasteiger charge is 2.23. The number of rotatable bonds is 8. The lowest BCUT2D eigenvalue weighted by Crippen LogP contribution is -2.32. The molecular formula is C22H43NO3. The number of ether oxygens (including phenoxy) is 1. The number of carbonyl (C=O) groups is 2. The Morgan fingerprint density at radius 1 is 1.04 bits per heavy atom. The molecule has 0 radical (unpaired) electrons. The Morgan fingerprint density at radius 2 is 1.65 bits per heavy atom. The molecule has 26 heavy (non-hydrogen) atoms. The summed E-state index contributed by atoms with van der Waals surface area (Å²) in [6, 6.07) is 0.658. The first-order chi connectivity index (χ1) is 12.7. The van der Waals surface area contributed by atoms with Gasteiger partial charge in [-0.15, -0.1) is 0 Å². The Labute approximate surface area is 161 Å². The summed E-state index contributed by atoms with van der Waals surface area (Å²) in [6.45, 7) is 6.73. The number of carbonyl (C=O) groups excluding carboxylic acids is 2. The molecule has 0 spiro atoms. The highest BCUT2D eigenvalue weighted by atomic mass is 16.5. The molecule has 2 aliphatic rings. The number of aldehydes is 1. The molecule has 0 bridgehead atoms. The highest BCUT2D eigenvalue weighted by molar-refractivity contribution is 5.80. The summed E-state index contributed by atoms with van der Waals surface area (Å²) in [5.41, 5.74) is 0. The molecule has 2 saturated carbocycles. The van der Waals surface area contributed by atoms with Gasteiger partial charge in [0.1, 0.15) is 12.1 Å². The van der Waals surface area contributed by atoms with Crippen molar-refractivity contribution in [3.05, 3.63) is 0 Å². The van der Waals surface area contributed by atoms with Crippen LogP contribution >= 0.6 is 0 Å². The molecule has 1 N–H and O–H groups in total. The molecule has 0 saturated heterocycles. The molecular weight excluding hydrogens is 326 g/mol. The van der Waals surface area contributed by atoms with Crippen LogP contribution in [0.1, 0.15) is 97.8 Å². The first kappa shape index (κ1) is 25.3. The molecule has 2 rings (SSSR count). The quantitative estimate of drug-likeness (QED) is 0.478. The average Bonchev–Trinajstić information content (AvgIpc) is 2.73. The molecule has 4 heteroatoms. The molecule has 0 unspecified atom stereocenters. The average molecular weight is 370 g/mol. The Hall–Kier alpha value is -0.740. The third kappa shape index (κ3) is 11.8. The molecule has 0 heterocycles. The van der Waals surface area contributed by atoms with Crippen molar-refractivity contribution in [1.29, 1.82) is 0 Å².